The molecule has 4 N–H and O–H groups in total. The molecule has 0 spiro atoms. The van der Waals surface area contributed by atoms with Gasteiger partial charge in [-0.1, -0.05) is 0 Å². The van der Waals surface area contributed by atoms with Crippen molar-refractivity contribution in [3.63, 3.8) is 0 Å². The molecule has 4 nitrogen and oxygen atoms in total. The van der Waals surface area contributed by atoms with E-state index in [1.165, 1.54) is 0 Å². The number of amides is 1. The van der Waals surface area contributed by atoms with Crippen LogP contribution in [0.3, 0.4) is 0 Å². The monoisotopic (exact) mass is 132 g/mol. The highest BCUT2D eigenvalue weighted by molar-refractivity contribution is 5.45. The van der Waals surface area contributed by atoms with Crippen LogP contribution in [0.5, 0.6) is 0 Å². The van der Waals surface area contributed by atoms with E-state index in [9.17, 15) is 4.79 Å². The summed E-state index contributed by atoms with van der Waals surface area (Å²) in [5.41, 5.74) is 5.31. The molecule has 0 saturated carbocycles. The summed E-state index contributed by atoms with van der Waals surface area (Å²) in [7, 11) is 0. The summed E-state index contributed by atoms with van der Waals surface area (Å²) in [5, 5.41) is 10.8. The van der Waals surface area contributed by atoms with Crippen molar-refractivity contribution in [2.75, 3.05) is 13.2 Å². The van der Waals surface area contributed by atoms with Crippen LogP contribution in [0.4, 0.5) is 0 Å². The molecule has 0 aliphatic heterocycles. The lowest BCUT2D eigenvalue weighted by Gasteiger charge is -2.05. The minimum atomic E-state index is -0.211. The second-order valence-corrected chi connectivity index (χ2v) is 1.80. The minimum absolute atomic E-state index is 0.0272. The lowest BCUT2D eigenvalue weighted by atomic mass is 10.2. The van der Waals surface area contributed by atoms with Crippen molar-refractivity contribution < 1.29 is 9.90 Å². The molecule has 1 amide bonds. The molecule has 0 aromatic carbocycles. The molecule has 4 heteroatoms. The fraction of sp³-hybridized carbons (Fsp3) is 0.800. The average molecular weight is 132 g/mol. The molecule has 0 radical (unpaired) electrons. The molecular weight excluding hydrogens is 120 g/mol. The van der Waals surface area contributed by atoms with Crippen LogP contribution in [0.2, 0.25) is 0 Å². The van der Waals surface area contributed by atoms with Crippen LogP contribution in [0, 0.1) is 0 Å². The smallest absolute Gasteiger partial charge is 0.207 e. The van der Waals surface area contributed by atoms with Crippen LogP contribution < -0.4 is 11.1 Å². The molecule has 0 aromatic rings. The van der Waals surface area contributed by atoms with E-state index in [1.807, 2.05) is 0 Å². The lowest BCUT2D eigenvalue weighted by molar-refractivity contribution is -0.109. The van der Waals surface area contributed by atoms with E-state index < -0.39 is 0 Å². The first-order valence-electron chi connectivity index (χ1n) is 2.84. The highest BCUT2D eigenvalue weighted by atomic mass is 16.3. The summed E-state index contributed by atoms with van der Waals surface area (Å²) < 4.78 is 0. The van der Waals surface area contributed by atoms with Gasteiger partial charge in [-0.15, -0.1) is 0 Å². The Balaban J connectivity index is 2.96. The average Bonchev–Trinajstić information content (AvgIpc) is 1.89. The third-order valence-electron chi connectivity index (χ3n) is 0.977. The molecule has 1 atom stereocenters. The van der Waals surface area contributed by atoms with E-state index >= 15 is 0 Å². The van der Waals surface area contributed by atoms with Crippen molar-refractivity contribution in [1.82, 2.24) is 5.32 Å². The van der Waals surface area contributed by atoms with Crippen LogP contribution in [0.15, 0.2) is 0 Å². The second kappa shape index (κ2) is 5.53. The third-order valence-corrected chi connectivity index (χ3v) is 0.977. The van der Waals surface area contributed by atoms with Crippen LogP contribution in [0.1, 0.15) is 6.42 Å². The number of carbonyl (C=O) groups is 1. The minimum Gasteiger partial charge on any atom is -0.395 e. The van der Waals surface area contributed by atoms with Gasteiger partial charge in [0.15, 0.2) is 0 Å². The summed E-state index contributed by atoms with van der Waals surface area (Å²) in [5.74, 6) is 0. The fourth-order valence-corrected chi connectivity index (χ4v) is 0.419. The Kier molecular flexibility index (Phi) is 5.15. The molecule has 0 saturated heterocycles. The predicted molar refractivity (Wildman–Crippen MR) is 33.7 cm³/mol. The molecule has 0 bridgehead atoms. The van der Waals surface area contributed by atoms with Gasteiger partial charge in [-0.25, -0.2) is 0 Å². The van der Waals surface area contributed by atoms with Gasteiger partial charge in [0, 0.05) is 12.6 Å². The number of rotatable bonds is 5. The SMILES string of the molecule is NC(CO)CCNC=O. The molecule has 0 fully saturated rings. The maximum absolute atomic E-state index is 9.66. The second-order valence-electron chi connectivity index (χ2n) is 1.80. The number of hydrogen-bond acceptors (Lipinski definition) is 3. The van der Waals surface area contributed by atoms with E-state index in [0.717, 1.165) is 0 Å². The maximum Gasteiger partial charge on any atom is 0.207 e. The van der Waals surface area contributed by atoms with Gasteiger partial charge in [-0.05, 0) is 6.42 Å². The number of carbonyl (C=O) groups excluding carboxylic acids is 1. The molecule has 0 aromatic heterocycles. The molecule has 0 aliphatic rings. The van der Waals surface area contributed by atoms with Crippen molar-refractivity contribution in [2.24, 2.45) is 5.73 Å². The van der Waals surface area contributed by atoms with Crippen LogP contribution in [0.25, 0.3) is 0 Å². The predicted octanol–water partition coefficient (Wildman–Crippen LogP) is -1.56. The van der Waals surface area contributed by atoms with E-state index in [0.29, 0.717) is 19.4 Å². The number of aliphatic hydroxyl groups excluding tert-OH is 1. The van der Waals surface area contributed by atoms with Crippen molar-refractivity contribution in [3.8, 4) is 0 Å². The van der Waals surface area contributed by atoms with Gasteiger partial charge in [0.2, 0.25) is 6.41 Å². The van der Waals surface area contributed by atoms with E-state index in [-0.39, 0.29) is 12.6 Å². The van der Waals surface area contributed by atoms with Crippen molar-refractivity contribution in [2.45, 2.75) is 12.5 Å². The van der Waals surface area contributed by atoms with Gasteiger partial charge in [0.1, 0.15) is 0 Å². The molecule has 0 heterocycles. The van der Waals surface area contributed by atoms with Crippen molar-refractivity contribution >= 4 is 6.41 Å². The Morgan fingerprint density at radius 1 is 1.78 bits per heavy atom. The zero-order valence-corrected chi connectivity index (χ0v) is 5.21. The Labute approximate surface area is 54.0 Å². The molecule has 54 valence electrons. The topological polar surface area (TPSA) is 75.3 Å². The summed E-state index contributed by atoms with van der Waals surface area (Å²) in [6.45, 7) is 0.506. The third kappa shape index (κ3) is 5.26. The van der Waals surface area contributed by atoms with Gasteiger partial charge in [-0.2, -0.15) is 0 Å². The van der Waals surface area contributed by atoms with Crippen molar-refractivity contribution in [1.29, 1.82) is 0 Å². The van der Waals surface area contributed by atoms with Crippen molar-refractivity contribution in [3.05, 3.63) is 0 Å². The molecule has 1 unspecified atom stereocenters. The Morgan fingerprint density at radius 2 is 2.44 bits per heavy atom. The number of hydrogen-bond donors (Lipinski definition) is 3. The van der Waals surface area contributed by atoms with E-state index in [2.05, 4.69) is 5.32 Å². The largest absolute Gasteiger partial charge is 0.395 e. The molecule has 0 rings (SSSR count). The molecular formula is C5H12N2O2. The normalized spacial score (nSPS) is 12.7. The zero-order chi connectivity index (χ0) is 7.11. The van der Waals surface area contributed by atoms with Gasteiger partial charge in [-0.3, -0.25) is 4.79 Å². The summed E-state index contributed by atoms with van der Waals surface area (Å²) in [4.78, 5) is 9.66. The van der Waals surface area contributed by atoms with Gasteiger partial charge in [0.25, 0.3) is 0 Å². The maximum atomic E-state index is 9.66. The number of nitrogens with two attached hydrogens (primary N) is 1. The summed E-state index contributed by atoms with van der Waals surface area (Å²) in [6, 6.07) is -0.211. The first-order valence-corrected chi connectivity index (χ1v) is 2.84. The number of nitrogens with one attached hydrogen (secondary N) is 1. The van der Waals surface area contributed by atoms with Gasteiger partial charge in [0.05, 0.1) is 6.61 Å². The standard InChI is InChI=1S/C5H12N2O2/c6-5(3-8)1-2-7-4-9/h4-5,8H,1-3,6H2,(H,7,9). The van der Waals surface area contributed by atoms with E-state index in [1.54, 1.807) is 0 Å². The van der Waals surface area contributed by atoms with Gasteiger partial charge >= 0.3 is 0 Å². The van der Waals surface area contributed by atoms with E-state index in [4.69, 9.17) is 10.8 Å². The number of aliphatic hydroxyl groups is 1. The fourth-order valence-electron chi connectivity index (χ4n) is 0.419. The Morgan fingerprint density at radius 3 is 2.89 bits per heavy atom. The Bertz CT molecular complexity index is 77.4. The first-order chi connectivity index (χ1) is 4.31. The zero-order valence-electron chi connectivity index (χ0n) is 5.21. The van der Waals surface area contributed by atoms with Crippen LogP contribution >= 0.6 is 0 Å². The Hall–Kier alpha value is -0.610. The van der Waals surface area contributed by atoms with Crippen LogP contribution in [-0.2, 0) is 4.79 Å². The molecule has 9 heavy (non-hydrogen) atoms. The van der Waals surface area contributed by atoms with Gasteiger partial charge < -0.3 is 16.2 Å². The molecule has 0 aliphatic carbocycles. The van der Waals surface area contributed by atoms with Crippen LogP contribution in [-0.4, -0.2) is 30.7 Å². The lowest BCUT2D eigenvalue weighted by Crippen LogP contribution is -2.28. The highest BCUT2D eigenvalue weighted by Gasteiger charge is 1.96. The quantitative estimate of drug-likeness (QED) is 0.313. The first kappa shape index (κ1) is 8.39. The highest BCUT2D eigenvalue weighted by Crippen LogP contribution is 1.81. The summed E-state index contributed by atoms with van der Waals surface area (Å²) >= 11 is 0. The summed E-state index contributed by atoms with van der Waals surface area (Å²) in [6.07, 6.45) is 1.24.